The molecule has 32 heavy (non-hydrogen) atoms. The van der Waals surface area contributed by atoms with Gasteiger partial charge in [-0.3, -0.25) is 4.79 Å². The molecule has 8 nitrogen and oxygen atoms in total. The number of aromatic amines is 2. The number of H-pyrrole nitrogens is 2. The van der Waals surface area contributed by atoms with Gasteiger partial charge in [0.1, 0.15) is 17.4 Å². The Labute approximate surface area is 178 Å². The van der Waals surface area contributed by atoms with Crippen LogP contribution in [-0.4, -0.2) is 31.7 Å². The Morgan fingerprint density at radius 2 is 2.03 bits per heavy atom. The van der Waals surface area contributed by atoms with Crippen molar-refractivity contribution >= 4 is 11.2 Å². The first kappa shape index (κ1) is 21.2. The molecule has 0 atom stereocenters. The second-order valence-electron chi connectivity index (χ2n) is 6.72. The van der Waals surface area contributed by atoms with Crippen LogP contribution in [0.4, 0.5) is 13.2 Å². The molecular weight excluding hydrogens is 427 g/mol. The van der Waals surface area contributed by atoms with Gasteiger partial charge in [0.2, 0.25) is 0 Å². The third kappa shape index (κ3) is 5.15. The van der Waals surface area contributed by atoms with E-state index in [4.69, 9.17) is 9.26 Å². The highest BCUT2D eigenvalue weighted by Crippen LogP contribution is 2.16. The van der Waals surface area contributed by atoms with Gasteiger partial charge in [-0.1, -0.05) is 17.9 Å². The van der Waals surface area contributed by atoms with Crippen LogP contribution in [0.1, 0.15) is 35.8 Å². The summed E-state index contributed by atoms with van der Waals surface area (Å²) in [5.74, 6) is 5.78. The number of benzene rings is 1. The van der Waals surface area contributed by atoms with E-state index < -0.39 is 17.8 Å². The number of aromatic nitrogens is 5. The monoisotopic (exact) mass is 443 g/mol. The molecule has 3 heterocycles. The van der Waals surface area contributed by atoms with Crippen LogP contribution < -0.4 is 10.3 Å². The van der Waals surface area contributed by atoms with Crippen molar-refractivity contribution in [2.45, 2.75) is 25.7 Å². The molecule has 164 valence electrons. The van der Waals surface area contributed by atoms with Gasteiger partial charge >= 0.3 is 0 Å². The maximum absolute atomic E-state index is 13.1. The van der Waals surface area contributed by atoms with Gasteiger partial charge in [-0.05, 0) is 29.8 Å². The van der Waals surface area contributed by atoms with Gasteiger partial charge in [0.25, 0.3) is 17.9 Å². The molecule has 3 aromatic heterocycles. The number of alkyl halides is 2. The second kappa shape index (κ2) is 9.38. The van der Waals surface area contributed by atoms with E-state index in [1.807, 2.05) is 4.98 Å². The fourth-order valence-corrected chi connectivity index (χ4v) is 2.92. The second-order valence-corrected chi connectivity index (χ2v) is 6.72. The van der Waals surface area contributed by atoms with Crippen LogP contribution in [0.5, 0.6) is 5.88 Å². The number of fused-ring (bicyclic) bond motifs is 1. The van der Waals surface area contributed by atoms with E-state index in [-0.39, 0.29) is 29.5 Å². The summed E-state index contributed by atoms with van der Waals surface area (Å²) < 4.78 is 49.2. The van der Waals surface area contributed by atoms with E-state index in [9.17, 15) is 18.0 Å². The average molecular weight is 443 g/mol. The smallest absolute Gasteiger partial charge is 0.295 e. The molecule has 0 aliphatic carbocycles. The number of ether oxygens (including phenoxy) is 1. The van der Waals surface area contributed by atoms with E-state index in [2.05, 4.69) is 31.9 Å². The summed E-state index contributed by atoms with van der Waals surface area (Å²) in [5, 5.41) is 3.80. The molecule has 0 unspecified atom stereocenters. The number of nitrogens with zero attached hydrogens (tertiary/aromatic N) is 3. The Bertz CT molecular complexity index is 1350. The number of hydrogen-bond acceptors (Lipinski definition) is 6. The lowest BCUT2D eigenvalue weighted by molar-refractivity contribution is 0.140. The van der Waals surface area contributed by atoms with Gasteiger partial charge in [-0.25, -0.2) is 23.1 Å². The minimum absolute atomic E-state index is 0.0475. The van der Waals surface area contributed by atoms with Gasteiger partial charge in [-0.15, -0.1) is 0 Å². The lowest BCUT2D eigenvalue weighted by Gasteiger charge is -1.96. The number of rotatable bonds is 7. The summed E-state index contributed by atoms with van der Waals surface area (Å²) in [6.07, 6.45) is -1.35. The van der Waals surface area contributed by atoms with Crippen LogP contribution in [-0.2, 0) is 12.8 Å². The van der Waals surface area contributed by atoms with Crippen molar-refractivity contribution < 1.29 is 22.4 Å². The molecular formula is C21H16F3N5O3. The number of hydrogen-bond donors (Lipinski definition) is 2. The van der Waals surface area contributed by atoms with Gasteiger partial charge in [-0.2, -0.15) is 0 Å². The van der Waals surface area contributed by atoms with Crippen LogP contribution in [0, 0.1) is 17.7 Å². The molecule has 0 radical (unpaired) electrons. The molecule has 0 amide bonds. The van der Waals surface area contributed by atoms with Crippen LogP contribution in [0.25, 0.3) is 11.2 Å². The Morgan fingerprint density at radius 3 is 2.84 bits per heavy atom. The Hall–Kier alpha value is -4.07. The van der Waals surface area contributed by atoms with E-state index in [0.717, 1.165) is 0 Å². The van der Waals surface area contributed by atoms with Gasteiger partial charge in [0.05, 0.1) is 0 Å². The molecule has 0 spiro atoms. The van der Waals surface area contributed by atoms with Crippen molar-refractivity contribution in [3.8, 4) is 17.7 Å². The van der Waals surface area contributed by atoms with E-state index in [1.165, 1.54) is 12.1 Å². The van der Waals surface area contributed by atoms with Crippen LogP contribution in [0.15, 0.2) is 39.6 Å². The molecule has 1 aromatic carbocycles. The number of halogens is 3. The van der Waals surface area contributed by atoms with Crippen LogP contribution in [0.2, 0.25) is 0 Å². The standard InChI is InChI=1S/C21H16F3N5O3/c22-13-6-1-4-12(10-13)5-3-9-31-16-11-14(32-29-16)7-2-8-15-25-17-19(26-15)27-20(18(23)24)28-21(17)30/h1,4,6,10-11,18H,2,7-9H2,(H2,25,26,27,28,30). The highest BCUT2D eigenvalue weighted by atomic mass is 19.3. The van der Waals surface area contributed by atoms with Gasteiger partial charge in [0.15, 0.2) is 23.6 Å². The third-order valence-electron chi connectivity index (χ3n) is 4.36. The maximum Gasteiger partial charge on any atom is 0.295 e. The van der Waals surface area contributed by atoms with Gasteiger partial charge < -0.3 is 19.2 Å². The highest BCUT2D eigenvalue weighted by molar-refractivity contribution is 5.69. The van der Waals surface area contributed by atoms with Crippen molar-refractivity contribution in [2.75, 3.05) is 6.61 Å². The van der Waals surface area contributed by atoms with Crippen molar-refractivity contribution in [1.82, 2.24) is 25.1 Å². The summed E-state index contributed by atoms with van der Waals surface area (Å²) >= 11 is 0. The summed E-state index contributed by atoms with van der Waals surface area (Å²) in [6.45, 7) is 0.0591. The molecule has 4 aromatic rings. The van der Waals surface area contributed by atoms with Crippen LogP contribution >= 0.6 is 0 Å². The minimum atomic E-state index is -2.89. The SMILES string of the molecule is O=c1[nH]c(C(F)F)nc2nc(CCCc3cc(OCC#Cc4cccc(F)c4)no3)[nH]c12. The lowest BCUT2D eigenvalue weighted by Crippen LogP contribution is -2.12. The molecule has 0 saturated heterocycles. The molecule has 0 bridgehead atoms. The fourth-order valence-electron chi connectivity index (χ4n) is 2.92. The zero-order valence-electron chi connectivity index (χ0n) is 16.5. The van der Waals surface area contributed by atoms with Crippen LogP contribution in [0.3, 0.4) is 0 Å². The summed E-state index contributed by atoms with van der Waals surface area (Å²) in [5.41, 5.74) is -0.142. The van der Waals surface area contributed by atoms with Crippen molar-refractivity contribution in [1.29, 1.82) is 0 Å². The van der Waals surface area contributed by atoms with Gasteiger partial charge in [0, 0.05) is 24.5 Å². The normalized spacial score (nSPS) is 11.0. The number of aryl methyl sites for hydroxylation is 2. The summed E-state index contributed by atoms with van der Waals surface area (Å²) in [4.78, 5) is 24.5. The first-order chi connectivity index (χ1) is 15.5. The first-order valence-electron chi connectivity index (χ1n) is 9.58. The molecule has 0 fully saturated rings. The van der Waals surface area contributed by atoms with Crippen molar-refractivity contribution in [2.24, 2.45) is 0 Å². The zero-order valence-corrected chi connectivity index (χ0v) is 16.5. The quantitative estimate of drug-likeness (QED) is 0.424. The largest absolute Gasteiger partial charge is 0.462 e. The molecule has 4 rings (SSSR count). The molecule has 0 saturated carbocycles. The fraction of sp³-hybridized carbons (Fsp3) is 0.238. The molecule has 11 heteroatoms. The maximum atomic E-state index is 13.1. The Morgan fingerprint density at radius 1 is 1.16 bits per heavy atom. The predicted molar refractivity (Wildman–Crippen MR) is 107 cm³/mol. The average Bonchev–Trinajstić information content (AvgIpc) is 3.38. The topological polar surface area (TPSA) is 110 Å². The third-order valence-corrected chi connectivity index (χ3v) is 4.36. The number of nitrogens with one attached hydrogen (secondary N) is 2. The molecule has 0 aliphatic heterocycles. The highest BCUT2D eigenvalue weighted by Gasteiger charge is 2.15. The zero-order chi connectivity index (χ0) is 22.5. The summed E-state index contributed by atoms with van der Waals surface area (Å²) in [6, 6.07) is 7.56. The lowest BCUT2D eigenvalue weighted by atomic mass is 10.2. The van der Waals surface area contributed by atoms with E-state index >= 15 is 0 Å². The minimum Gasteiger partial charge on any atom is -0.462 e. The van der Waals surface area contributed by atoms with Crippen molar-refractivity contribution in [3.05, 3.63) is 69.5 Å². The number of imidazole rings is 1. The van der Waals surface area contributed by atoms with Crippen molar-refractivity contribution in [3.63, 3.8) is 0 Å². The molecule has 2 N–H and O–H groups in total. The summed E-state index contributed by atoms with van der Waals surface area (Å²) in [7, 11) is 0. The van der Waals surface area contributed by atoms with E-state index in [0.29, 0.717) is 36.4 Å². The molecule has 0 aliphatic rings. The predicted octanol–water partition coefficient (Wildman–Crippen LogP) is 3.32. The van der Waals surface area contributed by atoms with E-state index in [1.54, 1.807) is 18.2 Å². The first-order valence-corrected chi connectivity index (χ1v) is 9.58. The Kier molecular flexibility index (Phi) is 6.21. The Balaban J connectivity index is 1.28.